The normalized spacial score (nSPS) is 10.0. The monoisotopic (exact) mass is 196 g/mol. The fourth-order valence-corrected chi connectivity index (χ4v) is 1.32. The lowest BCUT2D eigenvalue weighted by molar-refractivity contribution is -0.117. The summed E-state index contributed by atoms with van der Waals surface area (Å²) in [7, 11) is 0. The van der Waals surface area contributed by atoms with Gasteiger partial charge < -0.3 is 4.79 Å². The van der Waals surface area contributed by atoms with Gasteiger partial charge in [0.05, 0.1) is 0 Å². The number of hydrogen-bond donors (Lipinski definition) is 0. The van der Waals surface area contributed by atoms with Gasteiger partial charge in [-0.1, -0.05) is 23.7 Å². The Morgan fingerprint density at radius 3 is 2.46 bits per heavy atom. The van der Waals surface area contributed by atoms with Crippen molar-refractivity contribution >= 4 is 17.4 Å². The van der Waals surface area contributed by atoms with Crippen LogP contribution in [0.3, 0.4) is 0 Å². The molecule has 1 rings (SSSR count). The van der Waals surface area contributed by atoms with Gasteiger partial charge in [0, 0.05) is 11.4 Å². The summed E-state index contributed by atoms with van der Waals surface area (Å²) in [6.45, 7) is 1.63. The summed E-state index contributed by atoms with van der Waals surface area (Å²) in [4.78, 5) is 10.7. The molecule has 0 bridgehead atoms. The van der Waals surface area contributed by atoms with Crippen LogP contribution in [0.25, 0.3) is 0 Å². The van der Waals surface area contributed by atoms with Gasteiger partial charge in [0.15, 0.2) is 0 Å². The molecule has 0 fully saturated rings. The maximum atomic E-state index is 10.7. The molecule has 2 heteroatoms. The van der Waals surface area contributed by atoms with Crippen molar-refractivity contribution < 1.29 is 4.79 Å². The second kappa shape index (κ2) is 5.03. The third-order valence-corrected chi connectivity index (χ3v) is 2.16. The molecule has 0 spiro atoms. The van der Waals surface area contributed by atoms with Gasteiger partial charge in [0.1, 0.15) is 5.78 Å². The van der Waals surface area contributed by atoms with E-state index in [9.17, 15) is 4.79 Å². The van der Waals surface area contributed by atoms with E-state index in [1.165, 1.54) is 5.56 Å². The third-order valence-electron chi connectivity index (χ3n) is 1.91. The average molecular weight is 197 g/mol. The molecule has 0 heterocycles. The highest BCUT2D eigenvalue weighted by Crippen LogP contribution is 2.11. The standard InChI is InChI=1S/C11H13ClO/c1-9(13)3-2-4-10-5-7-11(12)8-6-10/h5-8H,2-4H2,1H3. The van der Waals surface area contributed by atoms with Gasteiger partial charge in [-0.2, -0.15) is 0 Å². The number of ketones is 1. The minimum Gasteiger partial charge on any atom is -0.300 e. The highest BCUT2D eigenvalue weighted by Gasteiger charge is 1.95. The zero-order valence-corrected chi connectivity index (χ0v) is 8.47. The van der Waals surface area contributed by atoms with Crippen molar-refractivity contribution in [1.29, 1.82) is 0 Å². The van der Waals surface area contributed by atoms with Crippen LogP contribution < -0.4 is 0 Å². The first-order chi connectivity index (χ1) is 6.18. The molecular weight excluding hydrogens is 184 g/mol. The predicted molar refractivity (Wildman–Crippen MR) is 55.1 cm³/mol. The minimum absolute atomic E-state index is 0.258. The van der Waals surface area contributed by atoms with Gasteiger partial charge in [-0.15, -0.1) is 0 Å². The molecule has 0 unspecified atom stereocenters. The SMILES string of the molecule is CC(=O)CCCc1ccc(Cl)cc1. The second-order valence-electron chi connectivity index (χ2n) is 3.18. The molecule has 0 saturated heterocycles. The fourth-order valence-electron chi connectivity index (χ4n) is 1.19. The zero-order chi connectivity index (χ0) is 9.68. The molecule has 0 aliphatic carbocycles. The van der Waals surface area contributed by atoms with E-state index in [0.29, 0.717) is 6.42 Å². The zero-order valence-electron chi connectivity index (χ0n) is 7.72. The van der Waals surface area contributed by atoms with Crippen molar-refractivity contribution in [2.75, 3.05) is 0 Å². The van der Waals surface area contributed by atoms with E-state index in [4.69, 9.17) is 11.6 Å². The summed E-state index contributed by atoms with van der Waals surface area (Å²) < 4.78 is 0. The number of carbonyl (C=O) groups is 1. The molecule has 0 atom stereocenters. The lowest BCUT2D eigenvalue weighted by atomic mass is 10.1. The fraction of sp³-hybridized carbons (Fsp3) is 0.364. The number of aryl methyl sites for hydroxylation is 1. The average Bonchev–Trinajstić information content (AvgIpc) is 2.08. The van der Waals surface area contributed by atoms with E-state index in [-0.39, 0.29) is 5.78 Å². The number of rotatable bonds is 4. The van der Waals surface area contributed by atoms with Crippen LogP contribution in [0.4, 0.5) is 0 Å². The van der Waals surface area contributed by atoms with Crippen LogP contribution in [0, 0.1) is 0 Å². The van der Waals surface area contributed by atoms with E-state index in [2.05, 4.69) is 0 Å². The summed E-state index contributed by atoms with van der Waals surface area (Å²) in [5.74, 6) is 0.258. The van der Waals surface area contributed by atoms with E-state index < -0.39 is 0 Å². The van der Waals surface area contributed by atoms with Gasteiger partial charge >= 0.3 is 0 Å². The van der Waals surface area contributed by atoms with Gasteiger partial charge in [-0.05, 0) is 37.5 Å². The van der Waals surface area contributed by atoms with Crippen molar-refractivity contribution in [2.45, 2.75) is 26.2 Å². The number of carbonyl (C=O) groups excluding carboxylic acids is 1. The Labute approximate surface area is 83.7 Å². The van der Waals surface area contributed by atoms with Gasteiger partial charge in [0.2, 0.25) is 0 Å². The largest absolute Gasteiger partial charge is 0.300 e. The summed E-state index contributed by atoms with van der Waals surface area (Å²) in [6, 6.07) is 7.76. The molecule has 0 saturated carbocycles. The van der Waals surface area contributed by atoms with E-state index in [0.717, 1.165) is 17.9 Å². The number of Topliss-reactive ketones (excluding diaryl/α,β-unsaturated/α-hetero) is 1. The van der Waals surface area contributed by atoms with Crippen molar-refractivity contribution in [3.63, 3.8) is 0 Å². The van der Waals surface area contributed by atoms with Gasteiger partial charge in [0.25, 0.3) is 0 Å². The first-order valence-electron chi connectivity index (χ1n) is 4.42. The number of hydrogen-bond acceptors (Lipinski definition) is 1. The second-order valence-corrected chi connectivity index (χ2v) is 3.62. The van der Waals surface area contributed by atoms with Crippen LogP contribution in [0.1, 0.15) is 25.3 Å². The Morgan fingerprint density at radius 1 is 1.31 bits per heavy atom. The molecule has 0 amide bonds. The predicted octanol–water partition coefficient (Wildman–Crippen LogP) is 3.25. The lowest BCUT2D eigenvalue weighted by Crippen LogP contribution is -1.92. The van der Waals surface area contributed by atoms with Crippen LogP contribution in [-0.2, 0) is 11.2 Å². The van der Waals surface area contributed by atoms with Crippen molar-refractivity contribution in [3.05, 3.63) is 34.9 Å². The Kier molecular flexibility index (Phi) is 3.97. The molecule has 0 N–H and O–H groups in total. The summed E-state index contributed by atoms with van der Waals surface area (Å²) in [6.07, 6.45) is 2.55. The van der Waals surface area contributed by atoms with E-state index in [1.54, 1.807) is 6.92 Å². The number of benzene rings is 1. The van der Waals surface area contributed by atoms with E-state index in [1.807, 2.05) is 24.3 Å². The van der Waals surface area contributed by atoms with Crippen molar-refractivity contribution in [2.24, 2.45) is 0 Å². The molecule has 13 heavy (non-hydrogen) atoms. The highest BCUT2D eigenvalue weighted by molar-refractivity contribution is 6.30. The molecule has 1 nitrogen and oxygen atoms in total. The summed E-state index contributed by atoms with van der Waals surface area (Å²) in [5.41, 5.74) is 1.24. The summed E-state index contributed by atoms with van der Waals surface area (Å²) >= 11 is 5.74. The quantitative estimate of drug-likeness (QED) is 0.723. The smallest absolute Gasteiger partial charge is 0.129 e. The molecule has 0 aliphatic rings. The topological polar surface area (TPSA) is 17.1 Å². The first-order valence-corrected chi connectivity index (χ1v) is 4.80. The molecule has 0 radical (unpaired) electrons. The molecule has 0 aliphatic heterocycles. The highest BCUT2D eigenvalue weighted by atomic mass is 35.5. The Morgan fingerprint density at radius 2 is 1.92 bits per heavy atom. The van der Waals surface area contributed by atoms with E-state index >= 15 is 0 Å². The summed E-state index contributed by atoms with van der Waals surface area (Å²) in [5, 5.41) is 0.760. The number of halogens is 1. The van der Waals surface area contributed by atoms with Crippen molar-refractivity contribution in [1.82, 2.24) is 0 Å². The molecule has 1 aromatic rings. The van der Waals surface area contributed by atoms with Crippen LogP contribution in [0.5, 0.6) is 0 Å². The Bertz CT molecular complexity index is 277. The first kappa shape index (κ1) is 10.3. The maximum Gasteiger partial charge on any atom is 0.129 e. The molecule has 1 aromatic carbocycles. The van der Waals surface area contributed by atoms with Crippen LogP contribution in [0.2, 0.25) is 5.02 Å². The maximum absolute atomic E-state index is 10.7. The minimum atomic E-state index is 0.258. The Hall–Kier alpha value is -0.820. The van der Waals surface area contributed by atoms with Crippen molar-refractivity contribution in [3.8, 4) is 0 Å². The molecule has 0 aromatic heterocycles. The lowest BCUT2D eigenvalue weighted by Gasteiger charge is -1.99. The third kappa shape index (κ3) is 4.09. The van der Waals surface area contributed by atoms with Crippen LogP contribution >= 0.6 is 11.6 Å². The molecular formula is C11H13ClO. The van der Waals surface area contributed by atoms with Gasteiger partial charge in [-0.25, -0.2) is 0 Å². The van der Waals surface area contributed by atoms with Crippen LogP contribution in [0.15, 0.2) is 24.3 Å². The van der Waals surface area contributed by atoms with Crippen LogP contribution in [-0.4, -0.2) is 5.78 Å². The molecule has 70 valence electrons. The Balaban J connectivity index is 2.37. The van der Waals surface area contributed by atoms with Gasteiger partial charge in [-0.3, -0.25) is 0 Å².